The highest BCUT2D eigenvalue weighted by Crippen LogP contribution is 2.16. The zero-order valence-electron chi connectivity index (χ0n) is 5.90. The van der Waals surface area contributed by atoms with Crippen molar-refractivity contribution in [3.63, 3.8) is 0 Å². The van der Waals surface area contributed by atoms with Crippen LogP contribution in [0.4, 0.5) is 0 Å². The van der Waals surface area contributed by atoms with Crippen molar-refractivity contribution in [3.8, 4) is 0 Å². The molecule has 4 nitrogen and oxygen atoms in total. The fourth-order valence-corrected chi connectivity index (χ4v) is 1.07. The Morgan fingerprint density at radius 2 is 2.10 bits per heavy atom. The van der Waals surface area contributed by atoms with Gasteiger partial charge in [0.05, 0.1) is 18.2 Å². The molecule has 4 heteroatoms. The predicted octanol–water partition coefficient (Wildman–Crippen LogP) is -1.20. The molecular weight excluding hydrogens is 134 g/mol. The summed E-state index contributed by atoms with van der Waals surface area (Å²) in [5, 5.41) is 18.1. The summed E-state index contributed by atoms with van der Waals surface area (Å²) in [6.45, 7) is 1.73. The van der Waals surface area contributed by atoms with Crippen LogP contribution in [-0.2, 0) is 4.74 Å². The molecule has 0 radical (unpaired) electrons. The molecule has 1 heterocycles. The van der Waals surface area contributed by atoms with Crippen molar-refractivity contribution in [3.05, 3.63) is 0 Å². The summed E-state index contributed by atoms with van der Waals surface area (Å²) in [5.41, 5.74) is 5.50. The fourth-order valence-electron chi connectivity index (χ4n) is 1.07. The Morgan fingerprint density at radius 3 is 2.60 bits per heavy atom. The standard InChI is InChI=1S/C6H13NO3/c1-3-6(7)4(8)2-5(9)10-3/h3-6,8-9H,2,7H2,1H3/t3-,4-,5-,6-/m1/s1. The molecule has 1 rings (SSSR count). The minimum atomic E-state index is -0.857. The molecule has 0 bridgehead atoms. The van der Waals surface area contributed by atoms with Crippen LogP contribution in [0.25, 0.3) is 0 Å². The van der Waals surface area contributed by atoms with Crippen LogP contribution in [0.15, 0.2) is 0 Å². The minimum Gasteiger partial charge on any atom is -0.391 e. The Balaban J connectivity index is 2.49. The van der Waals surface area contributed by atoms with Crippen LogP contribution in [0.2, 0.25) is 0 Å². The average molecular weight is 147 g/mol. The molecule has 10 heavy (non-hydrogen) atoms. The first-order valence-corrected chi connectivity index (χ1v) is 3.38. The SMILES string of the molecule is C[C@H]1O[C@@H](O)C[C@@H](O)[C@@H]1N. The molecule has 1 saturated heterocycles. The summed E-state index contributed by atoms with van der Waals surface area (Å²) in [6, 6.07) is -0.372. The minimum absolute atomic E-state index is 0.214. The van der Waals surface area contributed by atoms with E-state index in [1.807, 2.05) is 0 Å². The maximum absolute atomic E-state index is 9.15. The van der Waals surface area contributed by atoms with Gasteiger partial charge in [-0.15, -0.1) is 0 Å². The van der Waals surface area contributed by atoms with E-state index in [0.717, 1.165) is 0 Å². The van der Waals surface area contributed by atoms with Gasteiger partial charge in [-0.1, -0.05) is 0 Å². The zero-order chi connectivity index (χ0) is 7.72. The lowest BCUT2D eigenvalue weighted by molar-refractivity contribution is -0.191. The third kappa shape index (κ3) is 1.46. The van der Waals surface area contributed by atoms with Crippen LogP contribution < -0.4 is 5.73 Å². The van der Waals surface area contributed by atoms with E-state index < -0.39 is 12.4 Å². The van der Waals surface area contributed by atoms with E-state index in [0.29, 0.717) is 0 Å². The number of aliphatic hydroxyl groups excluding tert-OH is 2. The molecule has 0 saturated carbocycles. The van der Waals surface area contributed by atoms with Crippen molar-refractivity contribution < 1.29 is 14.9 Å². The second-order valence-electron chi connectivity index (χ2n) is 2.68. The largest absolute Gasteiger partial charge is 0.391 e. The van der Waals surface area contributed by atoms with Gasteiger partial charge in [0.15, 0.2) is 6.29 Å². The quantitative estimate of drug-likeness (QED) is 0.402. The van der Waals surface area contributed by atoms with Crippen molar-refractivity contribution >= 4 is 0 Å². The van der Waals surface area contributed by atoms with Crippen molar-refractivity contribution in [2.24, 2.45) is 5.73 Å². The van der Waals surface area contributed by atoms with E-state index in [9.17, 15) is 0 Å². The molecule has 0 aromatic heterocycles. The van der Waals surface area contributed by atoms with Gasteiger partial charge in [0.1, 0.15) is 0 Å². The summed E-state index contributed by atoms with van der Waals surface area (Å²) in [6.07, 6.45) is -1.55. The van der Waals surface area contributed by atoms with Gasteiger partial charge in [0, 0.05) is 6.42 Å². The monoisotopic (exact) mass is 147 g/mol. The Labute approximate surface area is 59.6 Å². The highest BCUT2D eigenvalue weighted by atomic mass is 16.6. The number of nitrogens with two attached hydrogens (primary N) is 1. The molecule has 0 spiro atoms. The fraction of sp³-hybridized carbons (Fsp3) is 1.00. The second-order valence-corrected chi connectivity index (χ2v) is 2.68. The molecule has 60 valence electrons. The maximum Gasteiger partial charge on any atom is 0.157 e. The molecule has 0 aliphatic carbocycles. The highest BCUT2D eigenvalue weighted by molar-refractivity contribution is 4.82. The lowest BCUT2D eigenvalue weighted by Crippen LogP contribution is -2.51. The molecule has 4 atom stereocenters. The first kappa shape index (κ1) is 7.94. The predicted molar refractivity (Wildman–Crippen MR) is 35.2 cm³/mol. The Bertz CT molecular complexity index is 108. The van der Waals surface area contributed by atoms with Gasteiger partial charge >= 0.3 is 0 Å². The Hall–Kier alpha value is -0.160. The van der Waals surface area contributed by atoms with Crippen molar-refractivity contribution in [1.82, 2.24) is 0 Å². The van der Waals surface area contributed by atoms with E-state index in [1.54, 1.807) is 6.92 Å². The van der Waals surface area contributed by atoms with Gasteiger partial charge in [-0.05, 0) is 6.92 Å². The Kier molecular flexibility index (Phi) is 2.25. The summed E-state index contributed by atoms with van der Waals surface area (Å²) in [4.78, 5) is 0. The number of rotatable bonds is 0. The first-order chi connectivity index (χ1) is 4.61. The molecule has 4 N–H and O–H groups in total. The maximum atomic E-state index is 9.15. The van der Waals surface area contributed by atoms with Crippen LogP contribution in [0, 0.1) is 0 Å². The smallest absolute Gasteiger partial charge is 0.157 e. The van der Waals surface area contributed by atoms with Gasteiger partial charge < -0.3 is 20.7 Å². The van der Waals surface area contributed by atoms with Crippen LogP contribution in [0.5, 0.6) is 0 Å². The van der Waals surface area contributed by atoms with Crippen molar-refractivity contribution in [2.45, 2.75) is 37.9 Å². The number of aliphatic hydroxyl groups is 2. The lowest BCUT2D eigenvalue weighted by atomic mass is 10.0. The molecule has 0 aromatic carbocycles. The molecule has 0 unspecified atom stereocenters. The second kappa shape index (κ2) is 2.84. The summed E-state index contributed by atoms with van der Waals surface area (Å²) >= 11 is 0. The lowest BCUT2D eigenvalue weighted by Gasteiger charge is -2.33. The van der Waals surface area contributed by atoms with Gasteiger partial charge in [-0.2, -0.15) is 0 Å². The Morgan fingerprint density at radius 1 is 1.50 bits per heavy atom. The average Bonchev–Trinajstić information content (AvgIpc) is 1.82. The molecule has 1 aliphatic heterocycles. The summed E-state index contributed by atoms with van der Waals surface area (Å²) < 4.78 is 4.94. The highest BCUT2D eigenvalue weighted by Gasteiger charge is 2.31. The van der Waals surface area contributed by atoms with Crippen LogP contribution >= 0.6 is 0 Å². The van der Waals surface area contributed by atoms with Gasteiger partial charge in [0.25, 0.3) is 0 Å². The zero-order valence-corrected chi connectivity index (χ0v) is 5.90. The van der Waals surface area contributed by atoms with Crippen molar-refractivity contribution in [2.75, 3.05) is 0 Å². The van der Waals surface area contributed by atoms with Gasteiger partial charge in [-0.25, -0.2) is 0 Å². The normalized spacial score (nSPS) is 49.2. The van der Waals surface area contributed by atoms with E-state index >= 15 is 0 Å². The van der Waals surface area contributed by atoms with E-state index in [1.165, 1.54) is 0 Å². The number of hydrogen-bond acceptors (Lipinski definition) is 4. The number of ether oxygens (including phenoxy) is 1. The molecular formula is C6H13NO3. The molecule has 0 aromatic rings. The molecule has 0 amide bonds. The summed E-state index contributed by atoms with van der Waals surface area (Å²) in [5.74, 6) is 0. The van der Waals surface area contributed by atoms with Crippen LogP contribution in [0.3, 0.4) is 0 Å². The van der Waals surface area contributed by atoms with Crippen LogP contribution in [0.1, 0.15) is 13.3 Å². The van der Waals surface area contributed by atoms with E-state index in [-0.39, 0.29) is 18.6 Å². The molecule has 1 fully saturated rings. The van der Waals surface area contributed by atoms with Gasteiger partial charge in [-0.3, -0.25) is 0 Å². The third-order valence-electron chi connectivity index (χ3n) is 1.80. The summed E-state index contributed by atoms with van der Waals surface area (Å²) in [7, 11) is 0. The van der Waals surface area contributed by atoms with Crippen molar-refractivity contribution in [1.29, 1.82) is 0 Å². The van der Waals surface area contributed by atoms with Crippen LogP contribution in [-0.4, -0.2) is 34.8 Å². The van der Waals surface area contributed by atoms with Gasteiger partial charge in [0.2, 0.25) is 0 Å². The van der Waals surface area contributed by atoms with E-state index in [4.69, 9.17) is 20.7 Å². The van der Waals surface area contributed by atoms with E-state index in [2.05, 4.69) is 0 Å². The molecule has 1 aliphatic rings. The number of hydrogen-bond donors (Lipinski definition) is 3. The third-order valence-corrected chi connectivity index (χ3v) is 1.80. The first-order valence-electron chi connectivity index (χ1n) is 3.38. The topological polar surface area (TPSA) is 75.7 Å².